The number of carbonyl (C=O) groups excluding carboxylic acids is 2. The fourth-order valence-electron chi connectivity index (χ4n) is 5.72. The van der Waals surface area contributed by atoms with Crippen LogP contribution < -0.4 is 15.0 Å². The number of imide groups is 1. The summed E-state index contributed by atoms with van der Waals surface area (Å²) in [5, 5.41) is 13.2. The Kier molecular flexibility index (Phi) is 6.31. The summed E-state index contributed by atoms with van der Waals surface area (Å²) in [5.41, 5.74) is 0.826. The Morgan fingerprint density at radius 2 is 1.97 bits per heavy atom. The number of pyridine rings is 1. The van der Waals surface area contributed by atoms with Crippen LogP contribution in [0.5, 0.6) is 5.75 Å². The summed E-state index contributed by atoms with van der Waals surface area (Å²) in [4.78, 5) is 32.8. The van der Waals surface area contributed by atoms with Gasteiger partial charge in [-0.3, -0.25) is 19.5 Å². The molecule has 206 valence electrons. The van der Waals surface area contributed by atoms with Crippen LogP contribution in [-0.2, 0) is 22.3 Å². The fourth-order valence-corrected chi connectivity index (χ4v) is 6.85. The third-order valence-corrected chi connectivity index (χ3v) is 8.88. The van der Waals surface area contributed by atoms with Crippen LogP contribution in [0.15, 0.2) is 30.5 Å². The second-order valence-electron chi connectivity index (χ2n) is 10.5. The predicted octanol–water partition coefficient (Wildman–Crippen LogP) is 3.94. The number of benzene rings is 1. The maximum atomic E-state index is 14.0. The minimum Gasteiger partial charge on any atom is -0.490 e. The van der Waals surface area contributed by atoms with E-state index in [1.807, 2.05) is 6.92 Å². The molecular formula is C27H27F3N4O4S. The molecule has 0 aliphatic carbocycles. The van der Waals surface area contributed by atoms with Gasteiger partial charge in [0, 0.05) is 53.2 Å². The number of aliphatic hydroxyl groups is 1. The van der Waals surface area contributed by atoms with Crippen LogP contribution in [0.4, 0.5) is 18.9 Å². The Labute approximate surface area is 226 Å². The maximum absolute atomic E-state index is 14.0. The number of aliphatic hydroxyl groups excluding tert-OH is 1. The van der Waals surface area contributed by atoms with E-state index < -0.39 is 17.3 Å². The summed E-state index contributed by atoms with van der Waals surface area (Å²) in [7, 11) is 0. The average Bonchev–Trinajstić information content (AvgIpc) is 3.60. The van der Waals surface area contributed by atoms with Crippen LogP contribution in [0.25, 0.3) is 21.3 Å². The Hall–Kier alpha value is -3.22. The highest BCUT2D eigenvalue weighted by atomic mass is 32.1. The number of alkyl halides is 3. The van der Waals surface area contributed by atoms with Crippen LogP contribution in [0, 0.1) is 0 Å². The number of hydrogen-bond acceptors (Lipinski definition) is 8. The van der Waals surface area contributed by atoms with Crippen molar-refractivity contribution in [2.24, 2.45) is 0 Å². The molecule has 0 radical (unpaired) electrons. The first-order valence-corrected chi connectivity index (χ1v) is 13.6. The molecule has 3 aromatic rings. The topological polar surface area (TPSA) is 95.0 Å². The quantitative estimate of drug-likeness (QED) is 0.457. The summed E-state index contributed by atoms with van der Waals surface area (Å²) in [6, 6.07) is 5.65. The van der Waals surface area contributed by atoms with Gasteiger partial charge in [-0.2, -0.15) is 13.2 Å². The van der Waals surface area contributed by atoms with Gasteiger partial charge in [0.2, 0.25) is 11.8 Å². The number of hydrogen-bond donors (Lipinski definition) is 2. The van der Waals surface area contributed by atoms with E-state index >= 15 is 0 Å². The highest BCUT2D eigenvalue weighted by Crippen LogP contribution is 2.49. The SMILES string of the molecule is C[C@]1(CO)C[C@H](N2CCOc3cc(C(F)(F)F)cc(-c4ccnc5cc(CN6C(=O)CCC6=O)sc45)c32)CN1. The lowest BCUT2D eigenvalue weighted by atomic mass is 9.95. The number of likely N-dealkylation sites (tertiary alicyclic amines) is 1. The summed E-state index contributed by atoms with van der Waals surface area (Å²) in [5.74, 6) is -0.297. The number of amides is 2. The second kappa shape index (κ2) is 9.46. The average molecular weight is 561 g/mol. The number of anilines is 1. The summed E-state index contributed by atoms with van der Waals surface area (Å²) in [6.45, 7) is 3.30. The van der Waals surface area contributed by atoms with Crippen LogP contribution >= 0.6 is 11.3 Å². The molecule has 3 aliphatic heterocycles. The van der Waals surface area contributed by atoms with Gasteiger partial charge in [-0.15, -0.1) is 11.3 Å². The number of thiophene rings is 1. The molecule has 2 N–H and O–H groups in total. The number of halogens is 3. The molecule has 2 aromatic heterocycles. The largest absolute Gasteiger partial charge is 0.490 e. The van der Waals surface area contributed by atoms with Crippen molar-refractivity contribution >= 4 is 39.1 Å². The van der Waals surface area contributed by atoms with E-state index in [1.165, 1.54) is 16.2 Å². The Morgan fingerprint density at radius 1 is 1.21 bits per heavy atom. The molecule has 3 aliphatic rings. The number of nitrogens with one attached hydrogen (secondary N) is 1. The number of nitrogens with zero attached hydrogens (tertiary/aromatic N) is 3. The zero-order valence-corrected chi connectivity index (χ0v) is 22.0. The van der Waals surface area contributed by atoms with Crippen molar-refractivity contribution < 1.29 is 32.6 Å². The Bertz CT molecular complexity index is 1460. The number of fused-ring (bicyclic) bond motifs is 2. The molecule has 5 heterocycles. The molecule has 2 amide bonds. The molecule has 2 fully saturated rings. The number of ether oxygens (including phenoxy) is 1. The molecule has 2 saturated heterocycles. The lowest BCUT2D eigenvalue weighted by Crippen LogP contribution is -2.43. The lowest BCUT2D eigenvalue weighted by molar-refractivity contribution is -0.139. The summed E-state index contributed by atoms with van der Waals surface area (Å²) in [6.07, 6.45) is -2.03. The van der Waals surface area contributed by atoms with Gasteiger partial charge in [0.05, 0.1) is 41.2 Å². The van der Waals surface area contributed by atoms with E-state index in [-0.39, 0.29) is 56.2 Å². The van der Waals surface area contributed by atoms with Crippen LogP contribution in [0.3, 0.4) is 0 Å². The van der Waals surface area contributed by atoms with Crippen molar-refractivity contribution in [1.82, 2.24) is 15.2 Å². The van der Waals surface area contributed by atoms with Gasteiger partial charge in [-0.25, -0.2) is 0 Å². The van der Waals surface area contributed by atoms with Crippen molar-refractivity contribution in [3.05, 3.63) is 40.9 Å². The molecule has 0 spiro atoms. The van der Waals surface area contributed by atoms with E-state index in [2.05, 4.69) is 15.2 Å². The lowest BCUT2D eigenvalue weighted by Gasteiger charge is -2.38. The maximum Gasteiger partial charge on any atom is 0.416 e. The molecule has 2 atom stereocenters. The van der Waals surface area contributed by atoms with Crippen molar-refractivity contribution in [1.29, 1.82) is 0 Å². The predicted molar refractivity (Wildman–Crippen MR) is 140 cm³/mol. The standard InChI is InChI=1S/C27H27F3N4O4S/c1-26(14-35)11-16(12-32-26)33-6-7-38-21-9-15(27(28,29)30)8-19(24(21)33)18-4-5-31-20-10-17(39-25(18)20)13-34-22(36)2-3-23(34)37/h4-5,8-10,16,32,35H,2-3,6-7,11-14H2,1H3/t16-,26+/m0/s1. The number of rotatable bonds is 5. The van der Waals surface area contributed by atoms with Gasteiger partial charge in [0.25, 0.3) is 0 Å². The van der Waals surface area contributed by atoms with Gasteiger partial charge in [-0.05, 0) is 37.6 Å². The Morgan fingerprint density at radius 3 is 2.67 bits per heavy atom. The molecule has 0 unspecified atom stereocenters. The molecule has 12 heteroatoms. The zero-order valence-electron chi connectivity index (χ0n) is 21.2. The van der Waals surface area contributed by atoms with Gasteiger partial charge in [-0.1, -0.05) is 0 Å². The molecular weight excluding hydrogens is 533 g/mol. The molecule has 0 saturated carbocycles. The normalized spacial score (nSPS) is 23.6. The van der Waals surface area contributed by atoms with Crippen LogP contribution in [-0.4, -0.2) is 64.7 Å². The first-order chi connectivity index (χ1) is 18.6. The monoisotopic (exact) mass is 560 g/mol. The van der Waals surface area contributed by atoms with E-state index in [0.29, 0.717) is 46.5 Å². The number of aromatic nitrogens is 1. The molecule has 1 aromatic carbocycles. The van der Waals surface area contributed by atoms with Gasteiger partial charge in [0.1, 0.15) is 12.4 Å². The molecule has 6 rings (SSSR count). The summed E-state index contributed by atoms with van der Waals surface area (Å²) >= 11 is 1.32. The van der Waals surface area contributed by atoms with E-state index in [4.69, 9.17) is 4.74 Å². The third-order valence-electron chi connectivity index (χ3n) is 7.74. The second-order valence-corrected chi connectivity index (χ2v) is 11.7. The number of carbonyl (C=O) groups is 2. The smallest absolute Gasteiger partial charge is 0.416 e. The molecule has 0 bridgehead atoms. The van der Waals surface area contributed by atoms with Crippen molar-refractivity contribution in [2.75, 3.05) is 31.2 Å². The van der Waals surface area contributed by atoms with Gasteiger partial charge in [0.15, 0.2) is 0 Å². The van der Waals surface area contributed by atoms with Gasteiger partial charge >= 0.3 is 6.18 Å². The van der Waals surface area contributed by atoms with Gasteiger partial charge < -0.3 is 20.1 Å². The van der Waals surface area contributed by atoms with E-state index in [1.54, 1.807) is 18.3 Å². The first kappa shape index (κ1) is 26.0. The highest BCUT2D eigenvalue weighted by Gasteiger charge is 2.41. The Balaban J connectivity index is 1.48. The van der Waals surface area contributed by atoms with Crippen molar-refractivity contribution in [3.63, 3.8) is 0 Å². The highest BCUT2D eigenvalue weighted by molar-refractivity contribution is 7.19. The summed E-state index contributed by atoms with van der Waals surface area (Å²) < 4.78 is 48.6. The van der Waals surface area contributed by atoms with E-state index in [0.717, 1.165) is 17.0 Å². The minimum atomic E-state index is -4.58. The minimum absolute atomic E-state index is 0.0501. The third kappa shape index (κ3) is 4.64. The molecule has 8 nitrogen and oxygen atoms in total. The fraction of sp³-hybridized carbons (Fsp3) is 0.444. The van der Waals surface area contributed by atoms with Crippen LogP contribution in [0.2, 0.25) is 0 Å². The zero-order chi connectivity index (χ0) is 27.5. The molecule has 39 heavy (non-hydrogen) atoms. The van der Waals surface area contributed by atoms with Crippen molar-refractivity contribution in [2.45, 2.75) is 50.5 Å². The first-order valence-electron chi connectivity index (χ1n) is 12.8. The van der Waals surface area contributed by atoms with E-state index in [9.17, 15) is 27.9 Å². The van der Waals surface area contributed by atoms with Crippen LogP contribution in [0.1, 0.15) is 36.6 Å². The van der Waals surface area contributed by atoms with Crippen molar-refractivity contribution in [3.8, 4) is 16.9 Å².